The molecule has 0 radical (unpaired) electrons. The molecule has 0 bridgehead atoms. The van der Waals surface area contributed by atoms with Gasteiger partial charge in [-0.05, 0) is 25.9 Å². The van der Waals surface area contributed by atoms with Crippen molar-refractivity contribution in [2.24, 2.45) is 22.9 Å². The molecule has 0 aliphatic rings. The molecule has 6 heteroatoms. The van der Waals surface area contributed by atoms with E-state index in [2.05, 4.69) is 0 Å². The summed E-state index contributed by atoms with van der Waals surface area (Å²) >= 11 is 0. The highest BCUT2D eigenvalue weighted by atomic mass is 35.5. The van der Waals surface area contributed by atoms with Gasteiger partial charge in [0.2, 0.25) is 0 Å². The number of hydrogen-bond donors (Lipinski definition) is 4. The van der Waals surface area contributed by atoms with Gasteiger partial charge in [0.05, 0.1) is 0 Å². The molecule has 0 aromatic rings. The minimum atomic E-state index is -0.330. The van der Waals surface area contributed by atoms with Crippen molar-refractivity contribution >= 4 is 24.8 Å². The molecule has 0 spiro atoms. The zero-order valence-corrected chi connectivity index (χ0v) is 8.79. The van der Waals surface area contributed by atoms with Crippen molar-refractivity contribution in [1.82, 2.24) is 0 Å². The average molecular weight is 219 g/mol. The first-order chi connectivity index (χ1) is 4.68. The predicted molar refractivity (Wildman–Crippen MR) is 57.8 cm³/mol. The maximum atomic E-state index is 5.83. The molecule has 78 valence electrons. The van der Waals surface area contributed by atoms with Gasteiger partial charge in [0.25, 0.3) is 0 Å². The van der Waals surface area contributed by atoms with Gasteiger partial charge in [-0.1, -0.05) is 0 Å². The van der Waals surface area contributed by atoms with Gasteiger partial charge in [-0.3, -0.25) is 0 Å². The van der Waals surface area contributed by atoms with Gasteiger partial charge in [0.15, 0.2) is 0 Å². The summed E-state index contributed by atoms with van der Waals surface area (Å²) in [6.07, 6.45) is 1.50. The fraction of sp³-hybridized carbons (Fsp3) is 1.00. The van der Waals surface area contributed by atoms with Crippen molar-refractivity contribution in [3.8, 4) is 0 Å². The fourth-order valence-corrected chi connectivity index (χ4v) is 0.904. The molecule has 0 aliphatic heterocycles. The largest absolute Gasteiger partial charge is 0.330 e. The zero-order chi connectivity index (χ0) is 8.04. The zero-order valence-electron chi connectivity index (χ0n) is 7.16. The lowest BCUT2D eigenvalue weighted by Gasteiger charge is -2.26. The third-order valence-corrected chi connectivity index (χ3v) is 1.69. The maximum Gasteiger partial charge on any atom is 0.0302 e. The van der Waals surface area contributed by atoms with Crippen LogP contribution in [0.4, 0.5) is 0 Å². The molecule has 4 nitrogen and oxygen atoms in total. The first kappa shape index (κ1) is 18.3. The van der Waals surface area contributed by atoms with E-state index in [1.165, 1.54) is 0 Å². The second-order valence-electron chi connectivity index (χ2n) is 2.64. The first-order valence-electron chi connectivity index (χ1n) is 3.57. The van der Waals surface area contributed by atoms with E-state index in [-0.39, 0.29) is 30.4 Å². The highest BCUT2D eigenvalue weighted by Crippen LogP contribution is 2.07. The van der Waals surface area contributed by atoms with Gasteiger partial charge < -0.3 is 22.9 Å². The Balaban J connectivity index is -0.000000405. The van der Waals surface area contributed by atoms with Gasteiger partial charge in [-0.25, -0.2) is 0 Å². The van der Waals surface area contributed by atoms with Crippen LogP contribution < -0.4 is 22.9 Å². The predicted octanol–water partition coefficient (Wildman–Crippen LogP) is -0.816. The van der Waals surface area contributed by atoms with E-state index in [1.54, 1.807) is 0 Å². The Labute approximate surface area is 86.2 Å². The fourth-order valence-electron chi connectivity index (χ4n) is 0.904. The third-order valence-electron chi connectivity index (χ3n) is 1.69. The Kier molecular flexibility index (Phi) is 14.5. The lowest BCUT2D eigenvalue weighted by atomic mass is 9.93. The van der Waals surface area contributed by atoms with Crippen LogP contribution in [0.1, 0.15) is 12.8 Å². The lowest BCUT2D eigenvalue weighted by Crippen LogP contribution is -2.49. The summed E-state index contributed by atoms with van der Waals surface area (Å²) in [5, 5.41) is 0. The van der Waals surface area contributed by atoms with Crippen LogP contribution in [-0.4, -0.2) is 25.2 Å². The minimum absolute atomic E-state index is 0. The van der Waals surface area contributed by atoms with Crippen LogP contribution in [-0.2, 0) is 0 Å². The van der Waals surface area contributed by atoms with Crippen molar-refractivity contribution in [3.05, 3.63) is 0 Å². The van der Waals surface area contributed by atoms with Gasteiger partial charge >= 0.3 is 0 Å². The van der Waals surface area contributed by atoms with E-state index in [0.29, 0.717) is 19.6 Å². The van der Waals surface area contributed by atoms with Crippen LogP contribution >= 0.6 is 24.8 Å². The number of hydrogen-bond acceptors (Lipinski definition) is 4. The molecule has 0 aromatic carbocycles. The molecule has 0 aliphatic carbocycles. The van der Waals surface area contributed by atoms with E-state index in [4.69, 9.17) is 22.9 Å². The first-order valence-corrected chi connectivity index (χ1v) is 3.57. The van der Waals surface area contributed by atoms with Gasteiger partial charge in [0, 0.05) is 12.1 Å². The molecule has 0 aromatic heterocycles. The van der Waals surface area contributed by atoms with Crippen LogP contribution in [0.5, 0.6) is 0 Å². The maximum absolute atomic E-state index is 5.83. The molecule has 0 amide bonds. The highest BCUT2D eigenvalue weighted by Gasteiger charge is 2.20. The summed E-state index contributed by atoms with van der Waals surface area (Å²) in [4.78, 5) is 0. The van der Waals surface area contributed by atoms with Crippen molar-refractivity contribution in [3.63, 3.8) is 0 Å². The Morgan fingerprint density at radius 2 is 1.17 bits per heavy atom. The summed E-state index contributed by atoms with van der Waals surface area (Å²) in [5.74, 6) is 0. The molecule has 0 rings (SSSR count). The van der Waals surface area contributed by atoms with Crippen molar-refractivity contribution < 1.29 is 0 Å². The molecular weight excluding hydrogens is 199 g/mol. The van der Waals surface area contributed by atoms with Crippen LogP contribution in [0.3, 0.4) is 0 Å². The normalized spacial score (nSPS) is 10.0. The quantitative estimate of drug-likeness (QED) is 0.485. The summed E-state index contributed by atoms with van der Waals surface area (Å²) < 4.78 is 0. The lowest BCUT2D eigenvalue weighted by molar-refractivity contribution is 0.385. The molecule has 8 N–H and O–H groups in total. The van der Waals surface area contributed by atoms with Crippen LogP contribution in [0.2, 0.25) is 0 Å². The van der Waals surface area contributed by atoms with E-state index in [9.17, 15) is 0 Å². The van der Waals surface area contributed by atoms with E-state index < -0.39 is 0 Å². The molecular formula is C6H20Cl2N4. The molecule has 0 atom stereocenters. The standard InChI is InChI=1S/C6H18N4.2ClH/c7-3-1-6(10,5-9)2-4-8;;/h1-5,7-10H2;2*1H. The molecule has 12 heavy (non-hydrogen) atoms. The minimum Gasteiger partial charge on any atom is -0.330 e. The van der Waals surface area contributed by atoms with Crippen molar-refractivity contribution in [2.75, 3.05) is 19.6 Å². The molecule has 0 unspecified atom stereocenters. The molecule has 0 saturated carbocycles. The molecule has 0 heterocycles. The monoisotopic (exact) mass is 218 g/mol. The van der Waals surface area contributed by atoms with E-state index in [0.717, 1.165) is 12.8 Å². The number of rotatable bonds is 5. The second kappa shape index (κ2) is 9.51. The van der Waals surface area contributed by atoms with Gasteiger partial charge in [-0.15, -0.1) is 24.8 Å². The van der Waals surface area contributed by atoms with Gasteiger partial charge in [-0.2, -0.15) is 0 Å². The van der Waals surface area contributed by atoms with E-state index in [1.807, 2.05) is 0 Å². The summed E-state index contributed by atoms with van der Waals surface area (Å²) in [6, 6.07) is 0. The number of nitrogens with two attached hydrogens (primary N) is 4. The molecule has 0 fully saturated rings. The van der Waals surface area contributed by atoms with Crippen LogP contribution in [0.15, 0.2) is 0 Å². The Bertz CT molecular complexity index is 85.6. The Morgan fingerprint density at radius 3 is 1.33 bits per heavy atom. The van der Waals surface area contributed by atoms with E-state index >= 15 is 0 Å². The van der Waals surface area contributed by atoms with Crippen molar-refractivity contribution in [2.45, 2.75) is 18.4 Å². The Hall–Kier alpha value is 0.420. The average Bonchev–Trinajstić information content (AvgIpc) is 1.89. The SMILES string of the molecule is Cl.Cl.NCCC(N)(CN)CCN. The highest BCUT2D eigenvalue weighted by molar-refractivity contribution is 5.85. The topological polar surface area (TPSA) is 104 Å². The second-order valence-corrected chi connectivity index (χ2v) is 2.64. The van der Waals surface area contributed by atoms with Crippen LogP contribution in [0.25, 0.3) is 0 Å². The molecule has 0 saturated heterocycles. The third kappa shape index (κ3) is 7.09. The summed E-state index contributed by atoms with van der Waals surface area (Å²) in [7, 11) is 0. The number of halogens is 2. The summed E-state index contributed by atoms with van der Waals surface area (Å²) in [5.41, 5.74) is 21.6. The van der Waals surface area contributed by atoms with Gasteiger partial charge in [0.1, 0.15) is 0 Å². The van der Waals surface area contributed by atoms with Crippen LogP contribution in [0, 0.1) is 0 Å². The Morgan fingerprint density at radius 1 is 0.833 bits per heavy atom. The smallest absolute Gasteiger partial charge is 0.0302 e. The summed E-state index contributed by atoms with van der Waals surface area (Å²) in [6.45, 7) is 1.61. The van der Waals surface area contributed by atoms with Crippen molar-refractivity contribution in [1.29, 1.82) is 0 Å².